The zero-order valence-corrected chi connectivity index (χ0v) is 20.7. The fourth-order valence-electron chi connectivity index (χ4n) is 5.74. The number of alkyl halides is 3. The summed E-state index contributed by atoms with van der Waals surface area (Å²) in [5.74, 6) is -0.728. The van der Waals surface area contributed by atoms with Crippen LogP contribution >= 0.6 is 0 Å². The minimum atomic E-state index is -4.71. The molecule has 35 heavy (non-hydrogen) atoms. The van der Waals surface area contributed by atoms with Gasteiger partial charge in [-0.25, -0.2) is 4.39 Å². The normalized spacial score (nSPS) is 25.8. The van der Waals surface area contributed by atoms with Gasteiger partial charge in [-0.2, -0.15) is 13.2 Å². The highest BCUT2D eigenvalue weighted by atomic mass is 19.4. The van der Waals surface area contributed by atoms with E-state index in [1.165, 1.54) is 23.8 Å². The highest BCUT2D eigenvalue weighted by Gasteiger charge is 2.40. The summed E-state index contributed by atoms with van der Waals surface area (Å²) in [5.41, 5.74) is 1.39. The van der Waals surface area contributed by atoms with Crippen molar-refractivity contribution in [3.63, 3.8) is 0 Å². The maximum atomic E-state index is 15.2. The molecule has 1 heterocycles. The molecule has 2 aliphatic rings. The van der Waals surface area contributed by atoms with Crippen molar-refractivity contribution in [1.29, 1.82) is 0 Å². The molecule has 1 saturated carbocycles. The molecule has 2 aromatic carbocycles. The molecule has 0 radical (unpaired) electrons. The van der Waals surface area contributed by atoms with Crippen LogP contribution in [0, 0.1) is 24.6 Å². The number of aryl methyl sites for hydroxylation is 1. The van der Waals surface area contributed by atoms with Crippen molar-refractivity contribution in [1.82, 2.24) is 0 Å². The quantitative estimate of drug-likeness (QED) is 0.368. The van der Waals surface area contributed by atoms with Gasteiger partial charge in [0.05, 0.1) is 18.3 Å². The lowest BCUT2D eigenvalue weighted by Crippen LogP contribution is -2.20. The monoisotopic (exact) mass is 488 g/mol. The first kappa shape index (κ1) is 25.9. The van der Waals surface area contributed by atoms with E-state index in [2.05, 4.69) is 31.2 Å². The zero-order chi connectivity index (χ0) is 25.0. The van der Waals surface area contributed by atoms with Crippen LogP contribution in [0.15, 0.2) is 42.5 Å². The third-order valence-electron chi connectivity index (χ3n) is 7.78. The second-order valence-corrected chi connectivity index (χ2v) is 10.4. The van der Waals surface area contributed by atoms with Gasteiger partial charge in [-0.3, -0.25) is 0 Å². The highest BCUT2D eigenvalue weighted by molar-refractivity contribution is 5.54. The van der Waals surface area contributed by atoms with Crippen LogP contribution in [-0.4, -0.2) is 6.61 Å². The molecule has 0 aromatic heterocycles. The Morgan fingerprint density at radius 1 is 0.943 bits per heavy atom. The van der Waals surface area contributed by atoms with E-state index in [9.17, 15) is 13.2 Å². The van der Waals surface area contributed by atoms with Crippen LogP contribution in [0.5, 0.6) is 0 Å². The molecular weight excluding hydrogens is 452 g/mol. The summed E-state index contributed by atoms with van der Waals surface area (Å²) < 4.78 is 63.2. The molecule has 2 aromatic rings. The highest BCUT2D eigenvalue weighted by Crippen LogP contribution is 2.44. The Morgan fingerprint density at radius 3 is 2.26 bits per heavy atom. The van der Waals surface area contributed by atoms with E-state index in [1.54, 1.807) is 6.08 Å². The second kappa shape index (κ2) is 11.3. The van der Waals surface area contributed by atoms with Crippen molar-refractivity contribution in [3.05, 3.63) is 76.1 Å². The van der Waals surface area contributed by atoms with E-state index in [1.807, 2.05) is 6.92 Å². The Labute approximate surface area is 206 Å². The second-order valence-electron chi connectivity index (χ2n) is 10.4. The Balaban J connectivity index is 1.45. The minimum absolute atomic E-state index is 0.00130. The van der Waals surface area contributed by atoms with E-state index in [0.717, 1.165) is 44.1 Å². The molecule has 2 atom stereocenters. The molecule has 2 unspecified atom stereocenters. The van der Waals surface area contributed by atoms with E-state index in [0.29, 0.717) is 25.4 Å². The van der Waals surface area contributed by atoms with Crippen molar-refractivity contribution < 1.29 is 22.3 Å². The first-order valence-corrected chi connectivity index (χ1v) is 13.0. The Kier molecular flexibility index (Phi) is 8.36. The molecule has 1 aliphatic carbocycles. The van der Waals surface area contributed by atoms with Gasteiger partial charge < -0.3 is 4.74 Å². The Bertz CT molecular complexity index is 992. The molecule has 0 bridgehead atoms. The molecule has 1 aliphatic heterocycles. The third-order valence-corrected chi connectivity index (χ3v) is 7.78. The van der Waals surface area contributed by atoms with Crippen molar-refractivity contribution in [2.45, 2.75) is 83.4 Å². The average Bonchev–Trinajstić information content (AvgIpc) is 2.84. The number of ether oxygens (including phenoxy) is 1. The van der Waals surface area contributed by atoms with Crippen LogP contribution in [0.1, 0.15) is 98.1 Å². The number of hydrogen-bond donors (Lipinski definition) is 0. The van der Waals surface area contributed by atoms with E-state index >= 15 is 4.39 Å². The smallest absolute Gasteiger partial charge is 0.373 e. The lowest BCUT2D eigenvalue weighted by atomic mass is 9.76. The molecule has 0 N–H and O–H groups in total. The van der Waals surface area contributed by atoms with Crippen LogP contribution in [0.2, 0.25) is 0 Å². The number of rotatable bonds is 6. The summed E-state index contributed by atoms with van der Waals surface area (Å²) in [6, 6.07) is 11.3. The predicted molar refractivity (Wildman–Crippen MR) is 133 cm³/mol. The van der Waals surface area contributed by atoms with Gasteiger partial charge in [-0.05, 0) is 68.4 Å². The van der Waals surface area contributed by atoms with Gasteiger partial charge in [0.15, 0.2) is 0 Å². The Hall–Kier alpha value is -2.14. The summed E-state index contributed by atoms with van der Waals surface area (Å²) >= 11 is 0. The lowest BCUT2D eigenvalue weighted by molar-refractivity contribution is -0.140. The molecule has 2 fully saturated rings. The molecule has 0 spiro atoms. The maximum absolute atomic E-state index is 15.2. The minimum Gasteiger partial charge on any atom is -0.373 e. The molecule has 1 saturated heterocycles. The molecular formula is C30H36F4O. The van der Waals surface area contributed by atoms with Gasteiger partial charge in [0.1, 0.15) is 5.82 Å². The molecule has 0 amide bonds. The SMILES string of the molecule is CCCC1CCC(c2ccc(/C=C/C3CCC(c4ccc(C)cc4)OC3)c(F)c2C(F)(F)F)CC1. The van der Waals surface area contributed by atoms with Gasteiger partial charge in [0.2, 0.25) is 0 Å². The van der Waals surface area contributed by atoms with Crippen molar-refractivity contribution >= 4 is 6.08 Å². The third kappa shape index (κ3) is 6.35. The molecule has 5 heteroatoms. The molecule has 190 valence electrons. The number of halogens is 4. The van der Waals surface area contributed by atoms with Crippen molar-refractivity contribution in [2.75, 3.05) is 6.61 Å². The van der Waals surface area contributed by atoms with Gasteiger partial charge in [0.25, 0.3) is 0 Å². The van der Waals surface area contributed by atoms with Crippen LogP contribution in [0.25, 0.3) is 6.08 Å². The van der Waals surface area contributed by atoms with E-state index < -0.39 is 17.6 Å². The van der Waals surface area contributed by atoms with E-state index in [4.69, 9.17) is 4.74 Å². The fraction of sp³-hybridized carbons (Fsp3) is 0.533. The zero-order valence-electron chi connectivity index (χ0n) is 20.7. The maximum Gasteiger partial charge on any atom is 0.419 e. The average molecular weight is 489 g/mol. The van der Waals surface area contributed by atoms with Gasteiger partial charge in [0, 0.05) is 11.5 Å². The first-order chi connectivity index (χ1) is 16.8. The standard InChI is InChI=1S/C30H36F4O/c1-3-4-21-7-13-23(14-8-21)26-17-16-25(29(31)28(26)30(32,33)34)15-9-22-10-18-27(35-19-22)24-11-5-20(2)6-12-24/h5-6,9,11-12,15-17,21-23,27H,3-4,7-8,10,13-14,18-19H2,1-2H3/b15-9+. The Morgan fingerprint density at radius 2 is 1.66 bits per heavy atom. The summed E-state index contributed by atoms with van der Waals surface area (Å²) in [4.78, 5) is 0. The number of benzene rings is 2. The summed E-state index contributed by atoms with van der Waals surface area (Å²) in [7, 11) is 0. The van der Waals surface area contributed by atoms with Crippen LogP contribution < -0.4 is 0 Å². The van der Waals surface area contributed by atoms with E-state index in [-0.39, 0.29) is 29.1 Å². The largest absolute Gasteiger partial charge is 0.419 e. The van der Waals surface area contributed by atoms with Gasteiger partial charge >= 0.3 is 6.18 Å². The van der Waals surface area contributed by atoms with Crippen LogP contribution in [0.3, 0.4) is 0 Å². The summed E-state index contributed by atoms with van der Waals surface area (Å²) in [6.07, 6.45) is 5.76. The van der Waals surface area contributed by atoms with Crippen LogP contribution in [0.4, 0.5) is 17.6 Å². The predicted octanol–water partition coefficient (Wildman–Crippen LogP) is 9.41. The topological polar surface area (TPSA) is 9.23 Å². The lowest BCUT2D eigenvalue weighted by Gasteiger charge is -2.30. The van der Waals surface area contributed by atoms with Gasteiger partial charge in [-0.1, -0.05) is 73.9 Å². The van der Waals surface area contributed by atoms with Crippen molar-refractivity contribution in [3.8, 4) is 0 Å². The number of hydrogen-bond acceptors (Lipinski definition) is 1. The molecule has 4 rings (SSSR count). The van der Waals surface area contributed by atoms with Gasteiger partial charge in [-0.15, -0.1) is 0 Å². The van der Waals surface area contributed by atoms with Crippen molar-refractivity contribution in [2.24, 2.45) is 11.8 Å². The summed E-state index contributed by atoms with van der Waals surface area (Å²) in [6.45, 7) is 4.65. The van der Waals surface area contributed by atoms with Crippen LogP contribution in [-0.2, 0) is 10.9 Å². The molecule has 1 nitrogen and oxygen atoms in total. The first-order valence-electron chi connectivity index (χ1n) is 13.0. The fourth-order valence-corrected chi connectivity index (χ4v) is 5.74. The summed E-state index contributed by atoms with van der Waals surface area (Å²) in [5, 5.41) is 0.